The molecule has 4 amide bonds. The van der Waals surface area contributed by atoms with E-state index in [0.29, 0.717) is 41.4 Å². The maximum absolute atomic E-state index is 12.4. The number of hydrogen-bond donors (Lipinski definition) is 7. The van der Waals surface area contributed by atoms with Crippen molar-refractivity contribution in [3.63, 3.8) is 0 Å². The van der Waals surface area contributed by atoms with E-state index >= 15 is 0 Å². The summed E-state index contributed by atoms with van der Waals surface area (Å²) >= 11 is 28.4. The molecule has 0 aliphatic carbocycles. The van der Waals surface area contributed by atoms with Crippen LogP contribution in [0.1, 0.15) is 123 Å². The second-order valence-electron chi connectivity index (χ2n) is 28.3. The molecule has 6 aliphatic heterocycles. The number of piperidine rings is 3. The summed E-state index contributed by atoms with van der Waals surface area (Å²) in [6.45, 7) is 28.4. The van der Waals surface area contributed by atoms with E-state index in [1.165, 1.54) is 5.56 Å². The van der Waals surface area contributed by atoms with Gasteiger partial charge in [0.15, 0.2) is 0 Å². The molecule has 6 aliphatic rings. The standard InChI is InChI=1S/C22H26N6O.C14H19BrN4O.C13H22N2O3.C7H7BrClN.C7H8BrN.C6H6BrClN2.C6H7BrN2/c1-14-19(28-9-6-22(7-10-28)5-8-24-21(22)29)17(13-25-20(14)23)15-3-4-18-16(11-15)12-26-27(18)2;1-9-11(10(15)8-18-12(9)16)19-6-3-14(4-7-19)2-5-17-13(14)20;1-12(2,3)18-11(17)15-8-5-13(6-9-15)4-7-14-10(13)16;1-4-5(2)10-3-6(8)7(4)9;1-5-3-7(8)4-9-6(5)2;1-3-5(8)4(7)2-10-6(3)9;1-4-2-5(7)3-9-6(4)8/h3-4,11-13H,5-10H2,1-2H3,(H2,23,25)(H,24,29);8H,2-7H2,1H3,(H2,16,18)(H,17,20);4-9H2,1-3H3,(H,14,16);3H,1-2H3;3-4H,1-2H3;2H,1H3,(H2,9,10);2-3H,1H3,(H2,8,9). The summed E-state index contributed by atoms with van der Waals surface area (Å²) in [6.07, 6.45) is 19.9. The molecule has 0 bridgehead atoms. The van der Waals surface area contributed by atoms with Gasteiger partial charge in [-0.15, -0.1) is 0 Å². The Kier molecular flexibility index (Phi) is 28.9. The van der Waals surface area contributed by atoms with Gasteiger partial charge in [-0.3, -0.25) is 29.0 Å². The average Bonchev–Trinajstić information content (AvgIpc) is 1.74. The van der Waals surface area contributed by atoms with Gasteiger partial charge < -0.3 is 58.3 Å². The molecule has 23 nitrogen and oxygen atoms in total. The Bertz CT molecular complexity index is 4300. The maximum atomic E-state index is 12.4. The number of nitrogen functional groups attached to an aromatic ring is 4. The van der Waals surface area contributed by atoms with E-state index < -0.39 is 5.60 Å². The second-order valence-corrected chi connectivity index (χ2v) is 33.5. The van der Waals surface area contributed by atoms with Crippen molar-refractivity contribution in [2.24, 2.45) is 23.3 Å². The number of carbonyl (C=O) groups is 4. The number of ether oxygens (including phenoxy) is 1. The molecule has 1 aromatic carbocycles. The van der Waals surface area contributed by atoms with Crippen LogP contribution in [0.3, 0.4) is 0 Å². The minimum atomic E-state index is -0.461. The Balaban J connectivity index is 0.000000163. The highest BCUT2D eigenvalue weighted by molar-refractivity contribution is 9.11. The topological polar surface area (TPSA) is 323 Å². The number of rotatable bonds is 3. The van der Waals surface area contributed by atoms with Gasteiger partial charge in [-0.25, -0.2) is 24.7 Å². The van der Waals surface area contributed by atoms with Gasteiger partial charge in [0, 0.05) is 151 Å². The van der Waals surface area contributed by atoms with Crippen molar-refractivity contribution in [2.45, 2.75) is 140 Å². The molecule has 0 radical (unpaired) electrons. The van der Waals surface area contributed by atoms with Crippen molar-refractivity contribution >= 4 is 172 Å². The third kappa shape index (κ3) is 20.9. The number of anilines is 6. The number of halogens is 7. The van der Waals surface area contributed by atoms with Gasteiger partial charge in [-0.2, -0.15) is 5.10 Å². The molecule has 0 saturated carbocycles. The van der Waals surface area contributed by atoms with Gasteiger partial charge in [-0.05, 0) is 260 Å². The fourth-order valence-corrected chi connectivity index (χ4v) is 15.9. The number of amides is 4. The summed E-state index contributed by atoms with van der Waals surface area (Å²) in [5.41, 5.74) is 35.7. The Morgan fingerprint density at radius 1 is 0.495 bits per heavy atom. The van der Waals surface area contributed by atoms with Crippen LogP contribution in [0.25, 0.3) is 22.0 Å². The Morgan fingerprint density at radius 3 is 1.36 bits per heavy atom. The molecule has 7 aromatic heterocycles. The predicted molar refractivity (Wildman–Crippen MR) is 439 cm³/mol. The highest BCUT2D eigenvalue weighted by Crippen LogP contribution is 2.45. The molecular formula is C75H95Br5Cl2N18O5. The first-order chi connectivity index (χ1) is 49.5. The average molecular weight is 1800 g/mol. The van der Waals surface area contributed by atoms with Crippen molar-refractivity contribution < 1.29 is 23.9 Å². The number of nitrogens with two attached hydrogens (primary N) is 4. The summed E-state index contributed by atoms with van der Waals surface area (Å²) in [5.74, 6) is 2.83. The summed E-state index contributed by atoms with van der Waals surface area (Å²) < 4.78 is 11.8. The number of fused-ring (bicyclic) bond motifs is 1. The van der Waals surface area contributed by atoms with Crippen LogP contribution in [0, 0.1) is 71.6 Å². The molecule has 564 valence electrons. The summed E-state index contributed by atoms with van der Waals surface area (Å²) in [6, 6.07) is 10.4. The molecule has 13 heterocycles. The summed E-state index contributed by atoms with van der Waals surface area (Å²) in [5, 5.41) is 15.7. The lowest BCUT2D eigenvalue weighted by molar-refractivity contribution is -0.130. The van der Waals surface area contributed by atoms with E-state index in [-0.39, 0.29) is 40.1 Å². The first kappa shape index (κ1) is 83.7. The highest BCUT2D eigenvalue weighted by Gasteiger charge is 2.47. The number of aryl methyl sites for hydroxylation is 5. The van der Waals surface area contributed by atoms with Crippen LogP contribution in [0.5, 0.6) is 0 Å². The van der Waals surface area contributed by atoms with Crippen molar-refractivity contribution in [3.8, 4) is 11.1 Å². The van der Waals surface area contributed by atoms with Gasteiger partial charge >= 0.3 is 6.09 Å². The monoisotopic (exact) mass is 1790 g/mol. The van der Waals surface area contributed by atoms with Crippen LogP contribution in [0.15, 0.2) is 96.1 Å². The molecule has 11 N–H and O–H groups in total. The maximum Gasteiger partial charge on any atom is 0.410 e. The largest absolute Gasteiger partial charge is 0.444 e. The molecule has 14 rings (SSSR count). The Hall–Kier alpha value is -6.95. The van der Waals surface area contributed by atoms with E-state index in [0.717, 1.165) is 204 Å². The molecule has 30 heteroatoms. The van der Waals surface area contributed by atoms with Crippen molar-refractivity contribution in [2.75, 3.05) is 91.6 Å². The fraction of sp³-hybridized carbons (Fsp3) is 0.453. The van der Waals surface area contributed by atoms with E-state index in [1.807, 2.05) is 113 Å². The Morgan fingerprint density at radius 2 is 0.914 bits per heavy atom. The number of nitrogens with zero attached hydrogens (tertiary/aromatic N) is 11. The lowest BCUT2D eigenvalue weighted by Gasteiger charge is -2.40. The van der Waals surface area contributed by atoms with Gasteiger partial charge in [-0.1, -0.05) is 29.3 Å². The van der Waals surface area contributed by atoms with Crippen LogP contribution < -0.4 is 48.7 Å². The highest BCUT2D eigenvalue weighted by atomic mass is 79.9. The van der Waals surface area contributed by atoms with Crippen LogP contribution in [-0.4, -0.2) is 133 Å². The molecular weight excluding hydrogens is 1700 g/mol. The normalized spacial score (nSPS) is 16.7. The first-order valence-corrected chi connectivity index (χ1v) is 39.4. The minimum Gasteiger partial charge on any atom is -0.444 e. The molecule has 6 saturated heterocycles. The minimum absolute atomic E-state index is 0.130. The van der Waals surface area contributed by atoms with E-state index in [1.54, 1.807) is 29.7 Å². The predicted octanol–water partition coefficient (Wildman–Crippen LogP) is 15.7. The van der Waals surface area contributed by atoms with Gasteiger partial charge in [0.2, 0.25) is 17.7 Å². The zero-order valence-corrected chi connectivity index (χ0v) is 71.0. The summed E-state index contributed by atoms with van der Waals surface area (Å²) in [7, 11) is 1.95. The zero-order valence-electron chi connectivity index (χ0n) is 61.6. The first-order valence-electron chi connectivity index (χ1n) is 34.7. The SMILES string of the molecule is CC(C)(C)OC(=O)N1CCC2(CCNC2=O)CC1.Cc1c(N)ncc(-c2ccc3c(cnn3C)c2)c1N1CCC2(CCNC2=O)CC1.Cc1c(N)ncc(Br)c1Cl.Cc1c(N)ncc(Br)c1N1CCC2(CCNC2=O)CC1.Cc1cc(Br)cnc1C.Cc1cc(Br)cnc1N.Cc1ncc(Br)c(Cl)c1C. The van der Waals surface area contributed by atoms with E-state index in [2.05, 4.69) is 165 Å². The lowest BCUT2D eigenvalue weighted by Crippen LogP contribution is -2.47. The number of nitrogens with one attached hydrogen (secondary N) is 3. The van der Waals surface area contributed by atoms with Gasteiger partial charge in [0.25, 0.3) is 0 Å². The second kappa shape index (κ2) is 36.3. The zero-order chi connectivity index (χ0) is 77.0. The number of hydrogen-bond acceptors (Lipinski definition) is 18. The molecule has 3 spiro atoms. The van der Waals surface area contributed by atoms with E-state index in [9.17, 15) is 19.2 Å². The van der Waals surface area contributed by atoms with Crippen LogP contribution in [0.4, 0.5) is 39.4 Å². The third-order valence-corrected chi connectivity index (χ3v) is 24.4. The van der Waals surface area contributed by atoms with Crippen molar-refractivity contribution in [3.05, 3.63) is 151 Å². The van der Waals surface area contributed by atoms with Gasteiger partial charge in [0.1, 0.15) is 28.9 Å². The van der Waals surface area contributed by atoms with E-state index in [4.69, 9.17) is 50.9 Å². The van der Waals surface area contributed by atoms with Crippen LogP contribution >= 0.6 is 103 Å². The number of benzene rings is 1. The molecule has 6 fully saturated rings. The summed E-state index contributed by atoms with van der Waals surface area (Å²) in [4.78, 5) is 79.1. The van der Waals surface area contributed by atoms with Crippen molar-refractivity contribution in [1.82, 2.24) is 60.5 Å². The van der Waals surface area contributed by atoms with Crippen LogP contribution in [0.2, 0.25) is 10.0 Å². The lowest BCUT2D eigenvalue weighted by atomic mass is 9.77. The number of carbonyl (C=O) groups excluding carboxylic acids is 4. The van der Waals surface area contributed by atoms with Crippen molar-refractivity contribution in [1.29, 1.82) is 0 Å². The fourth-order valence-electron chi connectivity index (χ4n) is 13.3. The third-order valence-electron chi connectivity index (χ3n) is 20.3. The van der Waals surface area contributed by atoms with Gasteiger partial charge in [0.05, 0.1) is 62.8 Å². The smallest absolute Gasteiger partial charge is 0.410 e. The molecule has 0 unspecified atom stereocenters. The number of likely N-dealkylation sites (tertiary alicyclic amines) is 1. The molecule has 0 atom stereocenters. The Labute approximate surface area is 667 Å². The molecule has 105 heavy (non-hydrogen) atoms. The van der Waals surface area contributed by atoms with Crippen LogP contribution in [-0.2, 0) is 26.2 Å². The number of aromatic nitrogens is 8. The molecule has 8 aromatic rings. The quantitative estimate of drug-likeness (QED) is 0.0864. The number of pyridine rings is 6.